The van der Waals surface area contributed by atoms with Crippen LogP contribution in [0, 0.1) is 11.7 Å². The Morgan fingerprint density at radius 2 is 2.10 bits per heavy atom. The van der Waals surface area contributed by atoms with Gasteiger partial charge in [-0.1, -0.05) is 19.9 Å². The molecule has 1 heterocycles. The standard InChI is InChI=1S/C15H19FN2OS/c1-8(2)7-9(3)18-15(19)14-13(17)12-10(16)5-4-6-11(12)20-14/h4-6,8-9H,7,17H2,1-3H3,(H,18,19). The summed E-state index contributed by atoms with van der Waals surface area (Å²) in [5, 5.41) is 3.26. The number of nitrogens with one attached hydrogen (secondary N) is 1. The van der Waals surface area contributed by atoms with Gasteiger partial charge in [0.2, 0.25) is 0 Å². The normalized spacial score (nSPS) is 12.8. The molecule has 0 aliphatic heterocycles. The topological polar surface area (TPSA) is 55.1 Å². The molecule has 0 saturated heterocycles. The lowest BCUT2D eigenvalue weighted by Gasteiger charge is -2.15. The van der Waals surface area contributed by atoms with E-state index in [0.717, 1.165) is 6.42 Å². The smallest absolute Gasteiger partial charge is 0.263 e. The Hall–Kier alpha value is -1.62. The van der Waals surface area contributed by atoms with E-state index in [4.69, 9.17) is 5.73 Å². The second-order valence-electron chi connectivity index (χ2n) is 5.46. The van der Waals surface area contributed by atoms with Crippen molar-refractivity contribution in [3.63, 3.8) is 0 Å². The van der Waals surface area contributed by atoms with Crippen LogP contribution in [0.1, 0.15) is 36.9 Å². The van der Waals surface area contributed by atoms with Crippen molar-refractivity contribution in [3.8, 4) is 0 Å². The van der Waals surface area contributed by atoms with Gasteiger partial charge in [-0.15, -0.1) is 11.3 Å². The minimum atomic E-state index is -0.384. The highest BCUT2D eigenvalue weighted by molar-refractivity contribution is 7.21. The number of benzene rings is 1. The molecule has 0 spiro atoms. The minimum Gasteiger partial charge on any atom is -0.397 e. The summed E-state index contributed by atoms with van der Waals surface area (Å²) in [4.78, 5) is 12.6. The second-order valence-corrected chi connectivity index (χ2v) is 6.51. The Morgan fingerprint density at radius 1 is 1.40 bits per heavy atom. The molecule has 20 heavy (non-hydrogen) atoms. The van der Waals surface area contributed by atoms with Gasteiger partial charge in [0, 0.05) is 10.7 Å². The molecule has 2 aromatic rings. The number of thiophene rings is 1. The highest BCUT2D eigenvalue weighted by Gasteiger charge is 2.20. The maximum atomic E-state index is 13.8. The van der Waals surface area contributed by atoms with E-state index in [-0.39, 0.29) is 23.5 Å². The number of nitrogens with two attached hydrogens (primary N) is 1. The summed E-state index contributed by atoms with van der Waals surface area (Å²) in [6.45, 7) is 6.17. The van der Waals surface area contributed by atoms with Crippen LogP contribution in [0.5, 0.6) is 0 Å². The molecular weight excluding hydrogens is 275 g/mol. The fourth-order valence-corrected chi connectivity index (χ4v) is 3.39. The largest absolute Gasteiger partial charge is 0.397 e. The summed E-state index contributed by atoms with van der Waals surface area (Å²) in [6.07, 6.45) is 0.894. The summed E-state index contributed by atoms with van der Waals surface area (Å²) >= 11 is 1.23. The Bertz CT molecular complexity index is 636. The highest BCUT2D eigenvalue weighted by atomic mass is 32.1. The molecule has 2 rings (SSSR count). The third kappa shape index (κ3) is 2.93. The maximum absolute atomic E-state index is 13.8. The van der Waals surface area contributed by atoms with Crippen molar-refractivity contribution in [1.82, 2.24) is 5.32 Å². The van der Waals surface area contributed by atoms with Crippen LogP contribution in [0.2, 0.25) is 0 Å². The first kappa shape index (κ1) is 14.8. The summed E-state index contributed by atoms with van der Waals surface area (Å²) in [5.41, 5.74) is 6.16. The van der Waals surface area contributed by atoms with E-state index in [9.17, 15) is 9.18 Å². The van der Waals surface area contributed by atoms with Gasteiger partial charge in [0.05, 0.1) is 11.1 Å². The fourth-order valence-electron chi connectivity index (χ4n) is 2.35. The van der Waals surface area contributed by atoms with Gasteiger partial charge in [-0.2, -0.15) is 0 Å². The quantitative estimate of drug-likeness (QED) is 0.901. The summed E-state index contributed by atoms with van der Waals surface area (Å²) in [6, 6.07) is 4.82. The summed E-state index contributed by atoms with van der Waals surface area (Å²) in [7, 11) is 0. The number of carbonyl (C=O) groups excluding carboxylic acids is 1. The molecule has 1 aromatic carbocycles. The molecule has 0 fully saturated rings. The van der Waals surface area contributed by atoms with Gasteiger partial charge in [0.1, 0.15) is 10.7 Å². The van der Waals surface area contributed by atoms with E-state index in [2.05, 4.69) is 19.2 Å². The molecule has 1 aromatic heterocycles. The zero-order chi connectivity index (χ0) is 14.9. The molecule has 3 N–H and O–H groups in total. The van der Waals surface area contributed by atoms with Crippen LogP contribution in [0.25, 0.3) is 10.1 Å². The van der Waals surface area contributed by atoms with Crippen molar-refractivity contribution in [2.45, 2.75) is 33.2 Å². The third-order valence-electron chi connectivity index (χ3n) is 3.11. The van der Waals surface area contributed by atoms with Crippen LogP contribution in [-0.2, 0) is 0 Å². The summed E-state index contributed by atoms with van der Waals surface area (Å²) in [5.74, 6) is -0.107. The number of hydrogen-bond acceptors (Lipinski definition) is 3. The molecule has 0 bridgehead atoms. The monoisotopic (exact) mass is 294 g/mol. The van der Waals surface area contributed by atoms with Crippen molar-refractivity contribution in [1.29, 1.82) is 0 Å². The number of fused-ring (bicyclic) bond motifs is 1. The molecule has 5 heteroatoms. The predicted molar refractivity (Wildman–Crippen MR) is 82.6 cm³/mol. The number of halogens is 1. The van der Waals surface area contributed by atoms with E-state index in [1.165, 1.54) is 17.4 Å². The van der Waals surface area contributed by atoms with Crippen LogP contribution in [0.4, 0.5) is 10.1 Å². The van der Waals surface area contributed by atoms with Crippen LogP contribution in [0.15, 0.2) is 18.2 Å². The van der Waals surface area contributed by atoms with Crippen LogP contribution < -0.4 is 11.1 Å². The Labute approximate surface area is 122 Å². The number of carbonyl (C=O) groups is 1. The molecule has 0 radical (unpaired) electrons. The first-order valence-electron chi connectivity index (χ1n) is 6.67. The van der Waals surface area contributed by atoms with Crippen molar-refractivity contribution < 1.29 is 9.18 Å². The first-order chi connectivity index (χ1) is 9.40. The Morgan fingerprint density at radius 3 is 2.70 bits per heavy atom. The first-order valence-corrected chi connectivity index (χ1v) is 7.49. The van der Waals surface area contributed by atoms with Crippen LogP contribution in [-0.4, -0.2) is 11.9 Å². The third-order valence-corrected chi connectivity index (χ3v) is 4.28. The van der Waals surface area contributed by atoms with E-state index >= 15 is 0 Å². The lowest BCUT2D eigenvalue weighted by molar-refractivity contribution is 0.0941. The van der Waals surface area contributed by atoms with Crippen molar-refractivity contribution in [2.75, 3.05) is 5.73 Å². The molecular formula is C15H19FN2OS. The number of hydrogen-bond donors (Lipinski definition) is 2. The molecule has 0 saturated carbocycles. The van der Waals surface area contributed by atoms with Crippen LogP contribution in [0.3, 0.4) is 0 Å². The van der Waals surface area contributed by atoms with Gasteiger partial charge in [0.15, 0.2) is 0 Å². The Kier molecular flexibility index (Phi) is 4.28. The van der Waals surface area contributed by atoms with E-state index in [0.29, 0.717) is 20.9 Å². The fraction of sp³-hybridized carbons (Fsp3) is 0.400. The lowest BCUT2D eigenvalue weighted by Crippen LogP contribution is -2.33. The van der Waals surface area contributed by atoms with Gasteiger partial charge >= 0.3 is 0 Å². The van der Waals surface area contributed by atoms with E-state index in [1.807, 2.05) is 6.92 Å². The zero-order valence-corrected chi connectivity index (χ0v) is 12.7. The SMILES string of the molecule is CC(C)CC(C)NC(=O)c1sc2cccc(F)c2c1N. The maximum Gasteiger partial charge on any atom is 0.263 e. The molecule has 0 aliphatic carbocycles. The molecule has 1 atom stereocenters. The molecule has 1 unspecified atom stereocenters. The van der Waals surface area contributed by atoms with Crippen LogP contribution >= 0.6 is 11.3 Å². The van der Waals surface area contributed by atoms with Gasteiger partial charge in [0.25, 0.3) is 5.91 Å². The van der Waals surface area contributed by atoms with Gasteiger partial charge in [-0.25, -0.2) is 4.39 Å². The van der Waals surface area contributed by atoms with Crippen molar-refractivity contribution in [2.24, 2.45) is 5.92 Å². The van der Waals surface area contributed by atoms with E-state index in [1.54, 1.807) is 12.1 Å². The van der Waals surface area contributed by atoms with Gasteiger partial charge in [-0.3, -0.25) is 4.79 Å². The van der Waals surface area contributed by atoms with Crippen molar-refractivity contribution in [3.05, 3.63) is 28.9 Å². The van der Waals surface area contributed by atoms with Gasteiger partial charge in [-0.05, 0) is 31.4 Å². The average molecular weight is 294 g/mol. The number of rotatable bonds is 4. The minimum absolute atomic E-state index is 0.0666. The lowest BCUT2D eigenvalue weighted by atomic mass is 10.1. The molecule has 0 aliphatic rings. The second kappa shape index (κ2) is 5.79. The number of amides is 1. The average Bonchev–Trinajstić information content (AvgIpc) is 2.67. The Balaban J connectivity index is 2.27. The van der Waals surface area contributed by atoms with Crippen molar-refractivity contribution >= 4 is 33.0 Å². The predicted octanol–water partition coefficient (Wildman–Crippen LogP) is 3.79. The number of anilines is 1. The summed E-state index contributed by atoms with van der Waals surface area (Å²) < 4.78 is 14.5. The number of nitrogen functional groups attached to an aromatic ring is 1. The van der Waals surface area contributed by atoms with Gasteiger partial charge < -0.3 is 11.1 Å². The zero-order valence-electron chi connectivity index (χ0n) is 11.9. The molecule has 108 valence electrons. The molecule has 1 amide bonds. The van der Waals surface area contributed by atoms with E-state index < -0.39 is 0 Å². The molecule has 3 nitrogen and oxygen atoms in total. The highest BCUT2D eigenvalue weighted by Crippen LogP contribution is 2.35.